The molecular weight excluding hydrogens is 284 g/mol. The third kappa shape index (κ3) is 3.87. The summed E-state index contributed by atoms with van der Waals surface area (Å²) < 4.78 is 0.671. The van der Waals surface area contributed by atoms with Crippen molar-refractivity contribution in [2.24, 2.45) is 0 Å². The molecular formula is C14H13ClOS2. The highest BCUT2D eigenvalue weighted by atomic mass is 35.5. The standard InChI is InChI=1S/C14H13ClOS2/c1-10-2-4-11(5-3-10)17-9-8-12(16)13-6-7-14(15)18-13/h2-7H,8-9H2,1H3. The first kappa shape index (κ1) is 13.7. The molecule has 0 radical (unpaired) electrons. The van der Waals surface area contributed by atoms with Crippen LogP contribution in [0.5, 0.6) is 0 Å². The molecule has 2 aromatic rings. The van der Waals surface area contributed by atoms with Crippen LogP contribution < -0.4 is 0 Å². The SMILES string of the molecule is Cc1ccc(SCCC(=O)c2ccc(Cl)s2)cc1. The van der Waals surface area contributed by atoms with Gasteiger partial charge in [0.15, 0.2) is 5.78 Å². The third-order valence-corrected chi connectivity index (χ3v) is 4.75. The maximum absolute atomic E-state index is 11.8. The van der Waals surface area contributed by atoms with E-state index in [4.69, 9.17) is 11.6 Å². The van der Waals surface area contributed by atoms with E-state index in [1.54, 1.807) is 23.9 Å². The first-order chi connectivity index (χ1) is 8.65. The Morgan fingerprint density at radius 3 is 2.56 bits per heavy atom. The van der Waals surface area contributed by atoms with Crippen molar-refractivity contribution in [3.63, 3.8) is 0 Å². The Hall–Kier alpha value is -0.770. The predicted octanol–water partition coefficient (Wildman–Crippen LogP) is 5.08. The van der Waals surface area contributed by atoms with Crippen LogP contribution in [0.4, 0.5) is 0 Å². The van der Waals surface area contributed by atoms with Gasteiger partial charge in [-0.05, 0) is 31.2 Å². The molecule has 1 nitrogen and oxygen atoms in total. The van der Waals surface area contributed by atoms with Crippen LogP contribution in [-0.4, -0.2) is 11.5 Å². The molecule has 0 aliphatic rings. The Morgan fingerprint density at radius 1 is 1.22 bits per heavy atom. The fourth-order valence-corrected chi connectivity index (χ4v) is 3.35. The Balaban J connectivity index is 1.82. The second-order valence-corrected chi connectivity index (χ2v) is 6.82. The maximum Gasteiger partial charge on any atom is 0.173 e. The number of Topliss-reactive ketones (excluding diaryl/α,β-unsaturated/α-hetero) is 1. The molecule has 2 rings (SSSR count). The van der Waals surface area contributed by atoms with Gasteiger partial charge in [0.05, 0.1) is 9.21 Å². The van der Waals surface area contributed by atoms with Crippen molar-refractivity contribution in [1.82, 2.24) is 0 Å². The topological polar surface area (TPSA) is 17.1 Å². The van der Waals surface area contributed by atoms with Crippen LogP contribution >= 0.6 is 34.7 Å². The summed E-state index contributed by atoms with van der Waals surface area (Å²) in [6.45, 7) is 2.07. The van der Waals surface area contributed by atoms with Crippen molar-refractivity contribution in [3.8, 4) is 0 Å². The molecule has 1 heterocycles. The number of hydrogen-bond donors (Lipinski definition) is 0. The molecule has 1 aromatic carbocycles. The minimum atomic E-state index is 0.173. The Bertz CT molecular complexity index is 531. The van der Waals surface area contributed by atoms with Crippen molar-refractivity contribution in [2.75, 3.05) is 5.75 Å². The molecule has 94 valence electrons. The fourth-order valence-electron chi connectivity index (χ4n) is 1.48. The summed E-state index contributed by atoms with van der Waals surface area (Å²) in [4.78, 5) is 13.8. The third-order valence-electron chi connectivity index (χ3n) is 2.47. The molecule has 0 aliphatic carbocycles. The number of rotatable bonds is 5. The van der Waals surface area contributed by atoms with Gasteiger partial charge < -0.3 is 0 Å². The van der Waals surface area contributed by atoms with Gasteiger partial charge in [-0.25, -0.2) is 0 Å². The van der Waals surface area contributed by atoms with Gasteiger partial charge in [0.2, 0.25) is 0 Å². The maximum atomic E-state index is 11.8. The van der Waals surface area contributed by atoms with E-state index in [0.29, 0.717) is 10.8 Å². The average molecular weight is 297 g/mol. The fraction of sp³-hybridized carbons (Fsp3) is 0.214. The van der Waals surface area contributed by atoms with Crippen molar-refractivity contribution in [3.05, 3.63) is 51.2 Å². The molecule has 18 heavy (non-hydrogen) atoms. The summed E-state index contributed by atoms with van der Waals surface area (Å²) in [6.07, 6.45) is 0.551. The molecule has 0 amide bonds. The van der Waals surface area contributed by atoms with Crippen molar-refractivity contribution < 1.29 is 4.79 Å². The molecule has 0 unspecified atom stereocenters. The number of halogens is 1. The number of thiophene rings is 1. The lowest BCUT2D eigenvalue weighted by molar-refractivity contribution is 0.0993. The molecule has 0 aliphatic heterocycles. The first-order valence-electron chi connectivity index (χ1n) is 5.63. The second-order valence-electron chi connectivity index (χ2n) is 3.94. The zero-order chi connectivity index (χ0) is 13.0. The van der Waals surface area contributed by atoms with E-state index in [1.165, 1.54) is 21.8 Å². The number of benzene rings is 1. The Labute approximate surface area is 120 Å². The average Bonchev–Trinajstić information content (AvgIpc) is 2.78. The highest BCUT2D eigenvalue weighted by Crippen LogP contribution is 2.24. The van der Waals surface area contributed by atoms with Crippen molar-refractivity contribution in [2.45, 2.75) is 18.2 Å². The molecule has 0 saturated carbocycles. The molecule has 0 N–H and O–H groups in total. The Kier molecular flexibility index (Phi) is 4.87. The monoisotopic (exact) mass is 296 g/mol. The van der Waals surface area contributed by atoms with E-state index in [0.717, 1.165) is 10.6 Å². The number of ketones is 1. The quantitative estimate of drug-likeness (QED) is 0.565. The van der Waals surface area contributed by atoms with Crippen molar-refractivity contribution >= 4 is 40.5 Å². The van der Waals surface area contributed by atoms with Gasteiger partial charge in [0, 0.05) is 17.1 Å². The van der Waals surface area contributed by atoms with Crippen LogP contribution in [0.3, 0.4) is 0 Å². The van der Waals surface area contributed by atoms with E-state index in [2.05, 4.69) is 31.2 Å². The number of aryl methyl sites for hydroxylation is 1. The molecule has 0 spiro atoms. The highest BCUT2D eigenvalue weighted by molar-refractivity contribution is 7.99. The highest BCUT2D eigenvalue weighted by Gasteiger charge is 2.08. The van der Waals surface area contributed by atoms with Crippen molar-refractivity contribution in [1.29, 1.82) is 0 Å². The number of carbonyl (C=O) groups is 1. The zero-order valence-electron chi connectivity index (χ0n) is 9.98. The van der Waals surface area contributed by atoms with E-state index in [9.17, 15) is 4.79 Å². The molecule has 0 atom stereocenters. The van der Waals surface area contributed by atoms with Crippen LogP contribution in [0, 0.1) is 6.92 Å². The lowest BCUT2D eigenvalue weighted by atomic mass is 10.2. The predicted molar refractivity (Wildman–Crippen MR) is 80.2 cm³/mol. The Morgan fingerprint density at radius 2 is 1.94 bits per heavy atom. The van der Waals surface area contributed by atoms with Gasteiger partial charge >= 0.3 is 0 Å². The van der Waals surface area contributed by atoms with Crippen LogP contribution in [0.2, 0.25) is 4.34 Å². The van der Waals surface area contributed by atoms with Gasteiger partial charge in [-0.2, -0.15) is 0 Å². The number of hydrogen-bond acceptors (Lipinski definition) is 3. The number of carbonyl (C=O) groups excluding carboxylic acids is 1. The van der Waals surface area contributed by atoms with Gasteiger partial charge in [-0.1, -0.05) is 29.3 Å². The summed E-state index contributed by atoms with van der Waals surface area (Å²) in [5.41, 5.74) is 1.25. The molecule has 0 bridgehead atoms. The first-order valence-corrected chi connectivity index (χ1v) is 7.81. The summed E-state index contributed by atoms with van der Waals surface area (Å²) in [6, 6.07) is 11.9. The lowest BCUT2D eigenvalue weighted by Crippen LogP contribution is -1.97. The molecule has 1 aromatic heterocycles. The summed E-state index contributed by atoms with van der Waals surface area (Å²) in [5.74, 6) is 0.976. The zero-order valence-corrected chi connectivity index (χ0v) is 12.4. The number of thioether (sulfide) groups is 1. The summed E-state index contributed by atoms with van der Waals surface area (Å²) in [7, 11) is 0. The molecule has 0 saturated heterocycles. The minimum absolute atomic E-state index is 0.173. The minimum Gasteiger partial charge on any atom is -0.293 e. The molecule has 0 fully saturated rings. The van der Waals surface area contributed by atoms with Gasteiger partial charge in [0.25, 0.3) is 0 Å². The normalized spacial score (nSPS) is 10.6. The van der Waals surface area contributed by atoms with Gasteiger partial charge in [0.1, 0.15) is 0 Å². The summed E-state index contributed by atoms with van der Waals surface area (Å²) >= 11 is 8.87. The van der Waals surface area contributed by atoms with Gasteiger partial charge in [-0.15, -0.1) is 23.1 Å². The second kappa shape index (κ2) is 6.41. The smallest absolute Gasteiger partial charge is 0.173 e. The van der Waals surface area contributed by atoms with E-state index < -0.39 is 0 Å². The molecule has 4 heteroatoms. The van der Waals surface area contributed by atoms with Crippen LogP contribution in [0.15, 0.2) is 41.3 Å². The van der Waals surface area contributed by atoms with E-state index in [1.807, 2.05) is 0 Å². The van der Waals surface area contributed by atoms with E-state index in [-0.39, 0.29) is 5.78 Å². The van der Waals surface area contributed by atoms with Crippen LogP contribution in [0.25, 0.3) is 0 Å². The van der Waals surface area contributed by atoms with Crippen LogP contribution in [0.1, 0.15) is 21.7 Å². The van der Waals surface area contributed by atoms with E-state index >= 15 is 0 Å². The largest absolute Gasteiger partial charge is 0.293 e. The summed E-state index contributed by atoms with van der Waals surface area (Å²) in [5, 5.41) is 0. The lowest BCUT2D eigenvalue weighted by Gasteiger charge is -2.01. The van der Waals surface area contributed by atoms with Crippen LogP contribution in [-0.2, 0) is 0 Å². The van der Waals surface area contributed by atoms with Gasteiger partial charge in [-0.3, -0.25) is 4.79 Å².